The van der Waals surface area contributed by atoms with Crippen LogP contribution in [0.4, 0.5) is 0 Å². The molecule has 0 fully saturated rings. The van der Waals surface area contributed by atoms with Crippen LogP contribution in [0.2, 0.25) is 0 Å². The molecular weight excluding hydrogens is 292 g/mol. The number of ether oxygens (including phenoxy) is 1. The molecule has 0 unspecified atom stereocenters. The molecule has 1 rings (SSSR count). The smallest absolute Gasteiger partial charge is 0.133 e. The maximum absolute atomic E-state index is 8.44. The van der Waals surface area contributed by atoms with Crippen LogP contribution >= 0.6 is 15.9 Å². The zero-order valence-electron chi connectivity index (χ0n) is 10.9. The molecule has 0 atom stereocenters. The Bertz CT molecular complexity index is 413. The van der Waals surface area contributed by atoms with E-state index in [-0.39, 0.29) is 0 Å². The first kappa shape index (κ1) is 15.0. The van der Waals surface area contributed by atoms with Crippen LogP contribution in [-0.4, -0.2) is 12.6 Å². The summed E-state index contributed by atoms with van der Waals surface area (Å²) >= 11 is 3.51. The fourth-order valence-corrected chi connectivity index (χ4v) is 1.97. The number of nitrogens with zero attached hydrogens (tertiary/aromatic N) is 1. The molecule has 0 bridgehead atoms. The molecule has 0 amide bonds. The number of hydrogen-bond acceptors (Lipinski definition) is 3. The van der Waals surface area contributed by atoms with Crippen molar-refractivity contribution in [2.45, 2.75) is 39.3 Å². The Hall–Kier alpha value is -1.05. The zero-order chi connectivity index (χ0) is 13.4. The van der Waals surface area contributed by atoms with Gasteiger partial charge in [0.15, 0.2) is 0 Å². The summed E-state index contributed by atoms with van der Waals surface area (Å²) in [7, 11) is 0. The third-order valence-corrected chi connectivity index (χ3v) is 3.02. The summed E-state index contributed by atoms with van der Waals surface area (Å²) in [5, 5.41) is 11.8. The molecule has 3 nitrogen and oxygen atoms in total. The fraction of sp³-hybridized carbons (Fsp3) is 0.500. The van der Waals surface area contributed by atoms with Gasteiger partial charge in [0.05, 0.1) is 17.1 Å². The Morgan fingerprint density at radius 3 is 2.83 bits per heavy atom. The molecule has 98 valence electrons. The van der Waals surface area contributed by atoms with Gasteiger partial charge in [-0.15, -0.1) is 0 Å². The Balaban J connectivity index is 2.49. The quantitative estimate of drug-likeness (QED) is 0.782. The van der Waals surface area contributed by atoms with E-state index < -0.39 is 0 Å². The van der Waals surface area contributed by atoms with Crippen molar-refractivity contribution in [3.63, 3.8) is 0 Å². The lowest BCUT2D eigenvalue weighted by atomic mass is 10.2. The second-order valence-electron chi connectivity index (χ2n) is 4.41. The molecule has 0 saturated carbocycles. The van der Waals surface area contributed by atoms with Crippen LogP contribution in [-0.2, 0) is 6.54 Å². The molecule has 1 aromatic carbocycles. The van der Waals surface area contributed by atoms with Crippen LogP contribution in [0.1, 0.15) is 32.3 Å². The van der Waals surface area contributed by atoms with Crippen LogP contribution in [0.5, 0.6) is 5.75 Å². The van der Waals surface area contributed by atoms with Crippen molar-refractivity contribution in [1.82, 2.24) is 5.32 Å². The van der Waals surface area contributed by atoms with Gasteiger partial charge in [-0.25, -0.2) is 0 Å². The number of benzene rings is 1. The highest BCUT2D eigenvalue weighted by Crippen LogP contribution is 2.26. The van der Waals surface area contributed by atoms with Crippen LogP contribution in [0.25, 0.3) is 0 Å². The van der Waals surface area contributed by atoms with Crippen LogP contribution in [0.15, 0.2) is 22.7 Å². The highest BCUT2D eigenvalue weighted by Gasteiger charge is 2.03. The van der Waals surface area contributed by atoms with E-state index in [1.807, 2.05) is 6.07 Å². The van der Waals surface area contributed by atoms with E-state index in [4.69, 9.17) is 10.00 Å². The standard InChI is InChI=1S/C14H19BrN2O/c1-11(2)17-10-12-5-6-14(13(15)9-12)18-8-4-3-7-16/h5-6,9,11,17H,3-4,8,10H2,1-2H3. The molecule has 0 aliphatic heterocycles. The highest BCUT2D eigenvalue weighted by atomic mass is 79.9. The number of unbranched alkanes of at least 4 members (excludes halogenated alkanes) is 1. The van der Waals surface area contributed by atoms with Crippen LogP contribution in [0.3, 0.4) is 0 Å². The molecule has 18 heavy (non-hydrogen) atoms. The fourth-order valence-electron chi connectivity index (χ4n) is 1.43. The molecular formula is C14H19BrN2O. The van der Waals surface area contributed by atoms with Gasteiger partial charge >= 0.3 is 0 Å². The summed E-state index contributed by atoms with van der Waals surface area (Å²) in [5.41, 5.74) is 1.22. The van der Waals surface area contributed by atoms with E-state index >= 15 is 0 Å². The molecule has 1 aromatic rings. The van der Waals surface area contributed by atoms with Crippen LogP contribution < -0.4 is 10.1 Å². The zero-order valence-corrected chi connectivity index (χ0v) is 12.5. The number of rotatable bonds is 7. The number of hydrogen-bond donors (Lipinski definition) is 1. The topological polar surface area (TPSA) is 45.0 Å². The van der Waals surface area contributed by atoms with E-state index in [0.717, 1.165) is 23.2 Å². The minimum absolute atomic E-state index is 0.477. The Morgan fingerprint density at radius 2 is 2.22 bits per heavy atom. The molecule has 0 aromatic heterocycles. The van der Waals surface area contributed by atoms with Gasteiger partial charge in [0, 0.05) is 19.0 Å². The van der Waals surface area contributed by atoms with Crippen molar-refractivity contribution in [1.29, 1.82) is 5.26 Å². The first-order valence-electron chi connectivity index (χ1n) is 6.15. The van der Waals surface area contributed by atoms with Crippen LogP contribution in [0, 0.1) is 11.3 Å². The van der Waals surface area contributed by atoms with E-state index in [2.05, 4.69) is 53.3 Å². The van der Waals surface area contributed by atoms with E-state index in [9.17, 15) is 0 Å². The molecule has 0 aliphatic rings. The van der Waals surface area contributed by atoms with Gasteiger partial charge in [0.25, 0.3) is 0 Å². The number of nitrogens with one attached hydrogen (secondary N) is 1. The normalized spacial score (nSPS) is 10.4. The van der Waals surface area contributed by atoms with Crippen molar-refractivity contribution in [2.75, 3.05) is 6.61 Å². The largest absolute Gasteiger partial charge is 0.492 e. The van der Waals surface area contributed by atoms with Crippen molar-refractivity contribution in [3.05, 3.63) is 28.2 Å². The summed E-state index contributed by atoms with van der Waals surface area (Å²) in [5.74, 6) is 0.834. The maximum Gasteiger partial charge on any atom is 0.133 e. The molecule has 0 spiro atoms. The Labute approximate surface area is 117 Å². The number of halogens is 1. The van der Waals surface area contributed by atoms with Crippen molar-refractivity contribution in [3.8, 4) is 11.8 Å². The minimum atomic E-state index is 0.477. The second kappa shape index (κ2) is 8.12. The molecule has 0 saturated heterocycles. The number of nitriles is 1. The lowest BCUT2D eigenvalue weighted by molar-refractivity contribution is 0.310. The van der Waals surface area contributed by atoms with Gasteiger partial charge in [0.2, 0.25) is 0 Å². The lowest BCUT2D eigenvalue weighted by Crippen LogP contribution is -2.21. The average molecular weight is 311 g/mol. The van der Waals surface area contributed by atoms with Crippen molar-refractivity contribution in [2.24, 2.45) is 0 Å². The molecule has 0 heterocycles. The van der Waals surface area contributed by atoms with Gasteiger partial charge in [-0.1, -0.05) is 19.9 Å². The van der Waals surface area contributed by atoms with E-state index in [0.29, 0.717) is 19.1 Å². The first-order valence-corrected chi connectivity index (χ1v) is 6.94. The summed E-state index contributed by atoms with van der Waals surface area (Å²) < 4.78 is 6.56. The average Bonchev–Trinajstić information content (AvgIpc) is 2.34. The first-order chi connectivity index (χ1) is 8.63. The summed E-state index contributed by atoms with van der Waals surface area (Å²) in [4.78, 5) is 0. The van der Waals surface area contributed by atoms with Gasteiger partial charge in [-0.2, -0.15) is 5.26 Å². The lowest BCUT2D eigenvalue weighted by Gasteiger charge is -2.11. The van der Waals surface area contributed by atoms with Gasteiger partial charge in [-0.05, 0) is 40.0 Å². The third kappa shape index (κ3) is 5.52. The Morgan fingerprint density at radius 1 is 1.44 bits per heavy atom. The predicted octanol–water partition coefficient (Wildman–Crippen LogP) is 3.63. The van der Waals surface area contributed by atoms with Gasteiger partial charge in [-0.3, -0.25) is 0 Å². The monoisotopic (exact) mass is 310 g/mol. The van der Waals surface area contributed by atoms with Crippen molar-refractivity contribution < 1.29 is 4.74 Å². The summed E-state index contributed by atoms with van der Waals surface area (Å²) in [6.45, 7) is 5.68. The maximum atomic E-state index is 8.44. The summed E-state index contributed by atoms with van der Waals surface area (Å²) in [6, 6.07) is 8.67. The van der Waals surface area contributed by atoms with E-state index in [1.165, 1.54) is 5.56 Å². The van der Waals surface area contributed by atoms with Gasteiger partial charge < -0.3 is 10.1 Å². The van der Waals surface area contributed by atoms with Crippen molar-refractivity contribution >= 4 is 15.9 Å². The SMILES string of the molecule is CC(C)NCc1ccc(OCCCC#N)c(Br)c1. The second-order valence-corrected chi connectivity index (χ2v) is 5.26. The molecule has 0 aliphatic carbocycles. The predicted molar refractivity (Wildman–Crippen MR) is 76.5 cm³/mol. The molecule has 0 radical (unpaired) electrons. The molecule has 4 heteroatoms. The highest BCUT2D eigenvalue weighted by molar-refractivity contribution is 9.10. The Kier molecular flexibility index (Phi) is 6.77. The summed E-state index contributed by atoms with van der Waals surface area (Å²) in [6.07, 6.45) is 1.30. The molecule has 1 N–H and O–H groups in total. The van der Waals surface area contributed by atoms with E-state index in [1.54, 1.807) is 0 Å². The van der Waals surface area contributed by atoms with Gasteiger partial charge in [0.1, 0.15) is 5.75 Å². The minimum Gasteiger partial charge on any atom is -0.492 e. The third-order valence-electron chi connectivity index (χ3n) is 2.40.